The van der Waals surface area contributed by atoms with E-state index >= 15 is 0 Å². The van der Waals surface area contributed by atoms with Crippen LogP contribution in [0.25, 0.3) is 0 Å². The Morgan fingerprint density at radius 3 is 2.13 bits per heavy atom. The molecular weight excluding hydrogens is 202 g/mol. The Hall–Kier alpha value is -1.45. The molecule has 0 aliphatic rings. The Kier molecular flexibility index (Phi) is 3.07. The van der Waals surface area contributed by atoms with E-state index in [1.165, 1.54) is 13.8 Å². The van der Waals surface area contributed by atoms with Crippen LogP contribution in [0.1, 0.15) is 19.4 Å². The van der Waals surface area contributed by atoms with E-state index in [1.54, 1.807) is 0 Å². The van der Waals surface area contributed by atoms with Crippen molar-refractivity contribution in [1.82, 2.24) is 0 Å². The lowest BCUT2D eigenvalue weighted by Crippen LogP contribution is -2.26. The van der Waals surface area contributed by atoms with Crippen molar-refractivity contribution in [1.29, 1.82) is 0 Å². The predicted octanol–water partition coefficient (Wildman–Crippen LogP) is 2.62. The molecule has 0 aromatic heterocycles. The van der Waals surface area contributed by atoms with E-state index in [2.05, 4.69) is 0 Å². The first kappa shape index (κ1) is 11.6. The molecule has 15 heavy (non-hydrogen) atoms. The average Bonchev–Trinajstić information content (AvgIpc) is 1.99. The third-order valence-corrected chi connectivity index (χ3v) is 2.15. The van der Waals surface area contributed by atoms with E-state index in [9.17, 15) is 13.6 Å². The SMILES string of the molecule is CC(C)(Cc1cc(F)cc(F)c1)C(=O)O. The molecule has 0 unspecified atom stereocenters. The fraction of sp³-hybridized carbons (Fsp3) is 0.364. The monoisotopic (exact) mass is 214 g/mol. The van der Waals surface area contributed by atoms with Crippen LogP contribution in [0.3, 0.4) is 0 Å². The second-order valence-electron chi connectivity index (χ2n) is 4.14. The summed E-state index contributed by atoms with van der Waals surface area (Å²) in [6.07, 6.45) is 0.0943. The molecule has 0 saturated carbocycles. The second-order valence-corrected chi connectivity index (χ2v) is 4.14. The number of carbonyl (C=O) groups is 1. The second kappa shape index (κ2) is 3.96. The van der Waals surface area contributed by atoms with Crippen molar-refractivity contribution in [2.45, 2.75) is 20.3 Å². The molecule has 2 nitrogen and oxygen atoms in total. The van der Waals surface area contributed by atoms with Crippen molar-refractivity contribution in [2.75, 3.05) is 0 Å². The van der Waals surface area contributed by atoms with E-state index in [-0.39, 0.29) is 6.42 Å². The van der Waals surface area contributed by atoms with Crippen LogP contribution in [0.2, 0.25) is 0 Å². The zero-order valence-electron chi connectivity index (χ0n) is 8.55. The normalized spacial score (nSPS) is 11.5. The van der Waals surface area contributed by atoms with Crippen LogP contribution in [0.15, 0.2) is 18.2 Å². The molecule has 82 valence electrons. The molecule has 1 N–H and O–H groups in total. The highest BCUT2D eigenvalue weighted by molar-refractivity contribution is 5.74. The molecule has 0 aliphatic carbocycles. The minimum absolute atomic E-state index is 0.0943. The number of hydrogen-bond donors (Lipinski definition) is 1. The maximum atomic E-state index is 12.8. The van der Waals surface area contributed by atoms with Crippen LogP contribution >= 0.6 is 0 Å². The molecule has 1 aromatic rings. The van der Waals surface area contributed by atoms with Crippen molar-refractivity contribution < 1.29 is 18.7 Å². The minimum Gasteiger partial charge on any atom is -0.481 e. The molecule has 0 amide bonds. The lowest BCUT2D eigenvalue weighted by Gasteiger charge is -2.18. The first-order valence-electron chi connectivity index (χ1n) is 4.49. The van der Waals surface area contributed by atoms with Gasteiger partial charge in [-0.15, -0.1) is 0 Å². The highest BCUT2D eigenvalue weighted by Crippen LogP contribution is 2.23. The summed E-state index contributed by atoms with van der Waals surface area (Å²) in [5, 5.41) is 8.85. The van der Waals surface area contributed by atoms with Crippen LogP contribution in [0.5, 0.6) is 0 Å². The Morgan fingerprint density at radius 2 is 1.73 bits per heavy atom. The molecule has 0 spiro atoms. The summed E-state index contributed by atoms with van der Waals surface area (Å²) in [5.74, 6) is -2.37. The predicted molar refractivity (Wildman–Crippen MR) is 51.5 cm³/mol. The number of hydrogen-bond acceptors (Lipinski definition) is 1. The summed E-state index contributed by atoms with van der Waals surface area (Å²) in [4.78, 5) is 10.8. The number of benzene rings is 1. The fourth-order valence-electron chi connectivity index (χ4n) is 1.30. The molecule has 0 radical (unpaired) electrons. The maximum Gasteiger partial charge on any atom is 0.309 e. The van der Waals surface area contributed by atoms with Gasteiger partial charge in [-0.25, -0.2) is 8.78 Å². The third kappa shape index (κ3) is 3.01. The number of rotatable bonds is 3. The molecule has 1 aromatic carbocycles. The maximum absolute atomic E-state index is 12.8. The van der Waals surface area contributed by atoms with Crippen LogP contribution in [-0.4, -0.2) is 11.1 Å². The van der Waals surface area contributed by atoms with Gasteiger partial charge in [0.05, 0.1) is 5.41 Å². The van der Waals surface area contributed by atoms with Crippen molar-refractivity contribution >= 4 is 5.97 Å². The quantitative estimate of drug-likeness (QED) is 0.839. The summed E-state index contributed by atoms with van der Waals surface area (Å²) >= 11 is 0. The zero-order valence-corrected chi connectivity index (χ0v) is 8.55. The summed E-state index contributed by atoms with van der Waals surface area (Å²) in [6, 6.07) is 3.05. The van der Waals surface area contributed by atoms with E-state index < -0.39 is 23.0 Å². The summed E-state index contributed by atoms with van der Waals surface area (Å²) in [5.41, 5.74) is -0.680. The highest BCUT2D eigenvalue weighted by atomic mass is 19.1. The van der Waals surface area contributed by atoms with Crippen LogP contribution in [-0.2, 0) is 11.2 Å². The van der Waals surface area contributed by atoms with E-state index in [4.69, 9.17) is 5.11 Å². The van der Waals surface area contributed by atoms with Gasteiger partial charge in [-0.3, -0.25) is 4.79 Å². The van der Waals surface area contributed by atoms with Gasteiger partial charge in [0.15, 0.2) is 0 Å². The zero-order chi connectivity index (χ0) is 11.6. The van der Waals surface area contributed by atoms with Crippen molar-refractivity contribution in [2.24, 2.45) is 5.41 Å². The number of aliphatic carboxylic acids is 1. The number of halogens is 2. The Labute approximate surface area is 86.5 Å². The summed E-state index contributed by atoms with van der Waals surface area (Å²) < 4.78 is 25.6. The molecule has 0 bridgehead atoms. The largest absolute Gasteiger partial charge is 0.481 e. The van der Waals surface area contributed by atoms with Gasteiger partial charge in [0.1, 0.15) is 11.6 Å². The van der Waals surface area contributed by atoms with Gasteiger partial charge in [-0.05, 0) is 38.0 Å². The van der Waals surface area contributed by atoms with Gasteiger partial charge in [0, 0.05) is 6.07 Å². The number of carboxylic acid groups (broad SMARTS) is 1. The van der Waals surface area contributed by atoms with Crippen LogP contribution < -0.4 is 0 Å². The Bertz CT molecular complexity index is 366. The van der Waals surface area contributed by atoms with Crippen LogP contribution in [0.4, 0.5) is 8.78 Å². The van der Waals surface area contributed by atoms with Gasteiger partial charge in [-0.2, -0.15) is 0 Å². The standard InChI is InChI=1S/C11H12F2O2/c1-11(2,10(14)15)6-7-3-8(12)5-9(13)4-7/h3-5H,6H2,1-2H3,(H,14,15). The lowest BCUT2D eigenvalue weighted by atomic mass is 9.86. The molecule has 0 atom stereocenters. The summed E-state index contributed by atoms with van der Waals surface area (Å²) in [7, 11) is 0. The smallest absolute Gasteiger partial charge is 0.309 e. The molecule has 0 aliphatic heterocycles. The summed E-state index contributed by atoms with van der Waals surface area (Å²) in [6.45, 7) is 3.02. The van der Waals surface area contributed by atoms with Gasteiger partial charge >= 0.3 is 5.97 Å². The van der Waals surface area contributed by atoms with Crippen molar-refractivity contribution in [3.63, 3.8) is 0 Å². The first-order valence-corrected chi connectivity index (χ1v) is 4.49. The van der Waals surface area contributed by atoms with Crippen molar-refractivity contribution in [3.8, 4) is 0 Å². The molecule has 1 rings (SSSR count). The molecular formula is C11H12F2O2. The van der Waals surface area contributed by atoms with E-state index in [0.717, 1.165) is 18.2 Å². The molecule has 0 saturated heterocycles. The highest BCUT2D eigenvalue weighted by Gasteiger charge is 2.27. The lowest BCUT2D eigenvalue weighted by molar-refractivity contribution is -0.146. The fourth-order valence-corrected chi connectivity index (χ4v) is 1.30. The van der Waals surface area contributed by atoms with Crippen LogP contribution in [0, 0.1) is 17.0 Å². The Balaban J connectivity index is 2.94. The Morgan fingerprint density at radius 1 is 1.27 bits per heavy atom. The first-order chi connectivity index (χ1) is 6.81. The third-order valence-electron chi connectivity index (χ3n) is 2.15. The molecule has 4 heteroatoms. The van der Waals surface area contributed by atoms with Gasteiger partial charge in [-0.1, -0.05) is 0 Å². The van der Waals surface area contributed by atoms with Gasteiger partial charge < -0.3 is 5.11 Å². The number of carboxylic acids is 1. The van der Waals surface area contributed by atoms with Crippen molar-refractivity contribution in [3.05, 3.63) is 35.4 Å². The van der Waals surface area contributed by atoms with E-state index in [0.29, 0.717) is 5.56 Å². The van der Waals surface area contributed by atoms with Gasteiger partial charge in [0.2, 0.25) is 0 Å². The van der Waals surface area contributed by atoms with Gasteiger partial charge in [0.25, 0.3) is 0 Å². The van der Waals surface area contributed by atoms with E-state index in [1.807, 2.05) is 0 Å². The average molecular weight is 214 g/mol. The molecule has 0 fully saturated rings. The molecule has 0 heterocycles. The topological polar surface area (TPSA) is 37.3 Å². The minimum atomic E-state index is -1.03.